The zero-order valence-electron chi connectivity index (χ0n) is 11.1. The van der Waals surface area contributed by atoms with Gasteiger partial charge in [0.1, 0.15) is 0 Å². The maximum absolute atomic E-state index is 11.1. The highest BCUT2D eigenvalue weighted by Crippen LogP contribution is 2.04. The van der Waals surface area contributed by atoms with E-state index in [-0.39, 0.29) is 11.6 Å². The number of hydrogen-bond donors (Lipinski definition) is 2. The molecule has 2 N–H and O–H groups in total. The van der Waals surface area contributed by atoms with Crippen molar-refractivity contribution in [2.45, 2.75) is 26.4 Å². The molecule has 0 aromatic heterocycles. The van der Waals surface area contributed by atoms with Gasteiger partial charge in [-0.3, -0.25) is 0 Å². The monoisotopic (exact) mass is 231 g/mol. The minimum absolute atomic E-state index is 0.0623. The maximum Gasteiger partial charge on any atom is 0.316 e. The lowest BCUT2D eigenvalue weighted by Gasteiger charge is -2.19. The van der Waals surface area contributed by atoms with Gasteiger partial charge in [0.2, 0.25) is 0 Å². The van der Waals surface area contributed by atoms with Crippen molar-refractivity contribution < 1.29 is 9.53 Å². The highest BCUT2D eigenvalue weighted by atomic mass is 16.5. The summed E-state index contributed by atoms with van der Waals surface area (Å²) in [5.41, 5.74) is -0.0825. The molecule has 0 saturated carbocycles. The van der Waals surface area contributed by atoms with Crippen LogP contribution >= 0.6 is 0 Å². The fraction of sp³-hybridized carbons (Fsp3) is 0.909. The number of amides is 2. The second-order valence-electron chi connectivity index (χ2n) is 4.84. The smallest absolute Gasteiger partial charge is 0.316 e. The van der Waals surface area contributed by atoms with Gasteiger partial charge in [-0.05, 0) is 20.8 Å². The van der Waals surface area contributed by atoms with Crippen LogP contribution in [0.25, 0.3) is 0 Å². The number of hydrogen-bond acceptors (Lipinski definition) is 3. The Kier molecular flexibility index (Phi) is 7.08. The Bertz CT molecular complexity index is 200. The Balaban J connectivity index is 3.26. The van der Waals surface area contributed by atoms with Crippen molar-refractivity contribution in [2.24, 2.45) is 0 Å². The van der Waals surface area contributed by atoms with Crippen molar-refractivity contribution in [3.63, 3.8) is 0 Å². The molecule has 0 bridgehead atoms. The molecule has 0 heterocycles. The van der Waals surface area contributed by atoms with E-state index in [0.29, 0.717) is 13.2 Å². The summed E-state index contributed by atoms with van der Waals surface area (Å²) < 4.78 is 5.54. The molecule has 0 aromatic rings. The third-order valence-electron chi connectivity index (χ3n) is 1.80. The molecule has 0 rings (SSSR count). The SMILES string of the molecule is CN(C)C(=O)NCCNCCOC(C)(C)C. The lowest BCUT2D eigenvalue weighted by molar-refractivity contribution is -0.000688. The summed E-state index contributed by atoms with van der Waals surface area (Å²) in [6, 6.07) is -0.0623. The predicted molar refractivity (Wildman–Crippen MR) is 65.7 cm³/mol. The second kappa shape index (κ2) is 7.46. The van der Waals surface area contributed by atoms with Gasteiger partial charge in [-0.1, -0.05) is 0 Å². The molecule has 0 spiro atoms. The highest BCUT2D eigenvalue weighted by molar-refractivity contribution is 5.73. The van der Waals surface area contributed by atoms with Crippen molar-refractivity contribution >= 4 is 6.03 Å². The Morgan fingerprint density at radius 2 is 1.81 bits per heavy atom. The average Bonchev–Trinajstić information content (AvgIpc) is 2.14. The zero-order chi connectivity index (χ0) is 12.6. The molecule has 5 nitrogen and oxygen atoms in total. The van der Waals surface area contributed by atoms with E-state index in [4.69, 9.17) is 4.74 Å². The topological polar surface area (TPSA) is 53.6 Å². The standard InChI is InChI=1S/C11H25N3O2/c1-11(2,3)16-9-8-12-6-7-13-10(15)14(4)5/h12H,6-9H2,1-5H3,(H,13,15). The highest BCUT2D eigenvalue weighted by Gasteiger charge is 2.08. The molecule has 96 valence electrons. The number of carbonyl (C=O) groups excluding carboxylic acids is 1. The molecule has 0 aliphatic heterocycles. The fourth-order valence-corrected chi connectivity index (χ4v) is 0.970. The van der Waals surface area contributed by atoms with E-state index in [2.05, 4.69) is 10.6 Å². The normalized spacial score (nSPS) is 11.3. The second-order valence-corrected chi connectivity index (χ2v) is 4.84. The van der Waals surface area contributed by atoms with Crippen molar-refractivity contribution in [1.29, 1.82) is 0 Å². The van der Waals surface area contributed by atoms with Crippen LogP contribution in [0.3, 0.4) is 0 Å². The van der Waals surface area contributed by atoms with Crippen LogP contribution < -0.4 is 10.6 Å². The maximum atomic E-state index is 11.1. The van der Waals surface area contributed by atoms with Crippen LogP contribution in [0.5, 0.6) is 0 Å². The van der Waals surface area contributed by atoms with Crippen molar-refractivity contribution in [2.75, 3.05) is 40.3 Å². The molecule has 16 heavy (non-hydrogen) atoms. The summed E-state index contributed by atoms with van der Waals surface area (Å²) in [5, 5.41) is 5.97. The molecule has 0 unspecified atom stereocenters. The van der Waals surface area contributed by atoms with E-state index >= 15 is 0 Å². The van der Waals surface area contributed by atoms with Gasteiger partial charge in [0, 0.05) is 33.7 Å². The first-order valence-corrected chi connectivity index (χ1v) is 5.63. The number of rotatable bonds is 6. The van der Waals surface area contributed by atoms with Crippen molar-refractivity contribution in [3.05, 3.63) is 0 Å². The zero-order valence-corrected chi connectivity index (χ0v) is 11.1. The molecule has 0 aliphatic carbocycles. The van der Waals surface area contributed by atoms with E-state index in [1.165, 1.54) is 4.90 Å². The third kappa shape index (κ3) is 9.73. The molecule has 2 amide bonds. The summed E-state index contributed by atoms with van der Waals surface area (Å²) in [5.74, 6) is 0. The van der Waals surface area contributed by atoms with Crippen LogP contribution in [0, 0.1) is 0 Å². The molecule has 0 saturated heterocycles. The molecular weight excluding hydrogens is 206 g/mol. The molecule has 0 aromatic carbocycles. The average molecular weight is 231 g/mol. The first kappa shape index (κ1) is 15.2. The van der Waals surface area contributed by atoms with E-state index in [1.807, 2.05) is 20.8 Å². The molecule has 0 aliphatic rings. The van der Waals surface area contributed by atoms with E-state index in [0.717, 1.165) is 13.1 Å². The van der Waals surface area contributed by atoms with Crippen molar-refractivity contribution in [3.8, 4) is 0 Å². The summed E-state index contributed by atoms with van der Waals surface area (Å²) in [6.07, 6.45) is 0. The van der Waals surface area contributed by atoms with Gasteiger partial charge in [-0.15, -0.1) is 0 Å². The van der Waals surface area contributed by atoms with Gasteiger partial charge in [0.25, 0.3) is 0 Å². The van der Waals surface area contributed by atoms with Crippen LogP contribution in [-0.4, -0.2) is 56.9 Å². The lowest BCUT2D eigenvalue weighted by Crippen LogP contribution is -2.39. The number of urea groups is 1. The minimum atomic E-state index is -0.0825. The summed E-state index contributed by atoms with van der Waals surface area (Å²) in [7, 11) is 3.44. The fourth-order valence-electron chi connectivity index (χ4n) is 0.970. The number of carbonyl (C=O) groups is 1. The van der Waals surface area contributed by atoms with Crippen LogP contribution in [0.2, 0.25) is 0 Å². The van der Waals surface area contributed by atoms with E-state index in [1.54, 1.807) is 14.1 Å². The van der Waals surface area contributed by atoms with Gasteiger partial charge < -0.3 is 20.3 Å². The molecule has 0 atom stereocenters. The van der Waals surface area contributed by atoms with E-state index in [9.17, 15) is 4.79 Å². The molecule has 5 heteroatoms. The molecule has 0 radical (unpaired) electrons. The van der Waals surface area contributed by atoms with Gasteiger partial charge in [-0.2, -0.15) is 0 Å². The van der Waals surface area contributed by atoms with Gasteiger partial charge in [-0.25, -0.2) is 4.79 Å². The first-order chi connectivity index (χ1) is 7.33. The Morgan fingerprint density at radius 3 is 2.31 bits per heavy atom. The van der Waals surface area contributed by atoms with Crippen LogP contribution in [0.1, 0.15) is 20.8 Å². The first-order valence-electron chi connectivity index (χ1n) is 5.63. The van der Waals surface area contributed by atoms with Crippen LogP contribution in [0.4, 0.5) is 4.79 Å². The van der Waals surface area contributed by atoms with Crippen molar-refractivity contribution in [1.82, 2.24) is 15.5 Å². The van der Waals surface area contributed by atoms with Gasteiger partial charge in [0.15, 0.2) is 0 Å². The Hall–Kier alpha value is -0.810. The Labute approximate surface area is 98.5 Å². The van der Waals surface area contributed by atoms with Gasteiger partial charge in [0.05, 0.1) is 12.2 Å². The number of nitrogens with one attached hydrogen (secondary N) is 2. The number of ether oxygens (including phenoxy) is 1. The molecule has 0 fully saturated rings. The summed E-state index contributed by atoms with van der Waals surface area (Å²) in [6.45, 7) is 8.97. The lowest BCUT2D eigenvalue weighted by atomic mass is 10.2. The minimum Gasteiger partial charge on any atom is -0.375 e. The predicted octanol–water partition coefficient (Wildman–Crippen LogP) is 0.662. The summed E-state index contributed by atoms with van der Waals surface area (Å²) >= 11 is 0. The van der Waals surface area contributed by atoms with Crippen LogP contribution in [-0.2, 0) is 4.74 Å². The summed E-state index contributed by atoms with van der Waals surface area (Å²) in [4.78, 5) is 12.6. The van der Waals surface area contributed by atoms with Crippen LogP contribution in [0.15, 0.2) is 0 Å². The van der Waals surface area contributed by atoms with Gasteiger partial charge >= 0.3 is 6.03 Å². The van der Waals surface area contributed by atoms with E-state index < -0.39 is 0 Å². The number of nitrogens with zero attached hydrogens (tertiary/aromatic N) is 1. The quantitative estimate of drug-likeness (QED) is 0.660. The largest absolute Gasteiger partial charge is 0.375 e. The molecular formula is C11H25N3O2. The third-order valence-corrected chi connectivity index (χ3v) is 1.80. The Morgan fingerprint density at radius 1 is 1.19 bits per heavy atom.